The number of halogens is 3. The number of anilines is 3. The molecule has 5 nitrogen and oxygen atoms in total. The normalized spacial score (nSPS) is 10.7. The number of aliphatic hydroxyl groups excluding tert-OH is 1. The van der Waals surface area contributed by atoms with Crippen LogP contribution in [0.3, 0.4) is 0 Å². The summed E-state index contributed by atoms with van der Waals surface area (Å²) in [5.41, 5.74) is 0.652. The standard InChI is InChI=1S/C19H17F3N4O/c20-13-7-8-14(21)18(17(13)22)25-16-11-15(12-5-2-1-3-6-12)24-19(26-16)23-9-4-10-27/h1-3,5-8,11,27H,4,9-10H2,(H2,23,24,25,26). The second-order valence-corrected chi connectivity index (χ2v) is 5.68. The summed E-state index contributed by atoms with van der Waals surface area (Å²) in [6, 6.07) is 12.2. The van der Waals surface area contributed by atoms with Crippen molar-refractivity contribution in [1.29, 1.82) is 0 Å². The molecule has 0 fully saturated rings. The molecule has 2 aromatic carbocycles. The van der Waals surface area contributed by atoms with Crippen molar-refractivity contribution in [2.24, 2.45) is 0 Å². The van der Waals surface area contributed by atoms with Crippen molar-refractivity contribution >= 4 is 17.5 Å². The van der Waals surface area contributed by atoms with Gasteiger partial charge in [-0.1, -0.05) is 30.3 Å². The van der Waals surface area contributed by atoms with E-state index in [0.717, 1.165) is 11.6 Å². The van der Waals surface area contributed by atoms with Gasteiger partial charge in [0.2, 0.25) is 5.95 Å². The Morgan fingerprint density at radius 3 is 2.41 bits per heavy atom. The van der Waals surface area contributed by atoms with Crippen LogP contribution >= 0.6 is 0 Å². The van der Waals surface area contributed by atoms with Crippen molar-refractivity contribution in [2.75, 3.05) is 23.8 Å². The van der Waals surface area contributed by atoms with Gasteiger partial charge in [0, 0.05) is 24.8 Å². The Hall–Kier alpha value is -3.13. The molecule has 0 saturated carbocycles. The van der Waals surface area contributed by atoms with E-state index in [0.29, 0.717) is 24.7 Å². The minimum absolute atomic E-state index is 0.00377. The maximum Gasteiger partial charge on any atom is 0.225 e. The highest BCUT2D eigenvalue weighted by atomic mass is 19.2. The van der Waals surface area contributed by atoms with E-state index in [1.807, 2.05) is 30.3 Å². The maximum absolute atomic E-state index is 14.0. The van der Waals surface area contributed by atoms with Crippen LogP contribution in [0.1, 0.15) is 6.42 Å². The first-order valence-electron chi connectivity index (χ1n) is 8.28. The van der Waals surface area contributed by atoms with Gasteiger partial charge in [-0.15, -0.1) is 0 Å². The Kier molecular flexibility index (Phi) is 5.87. The van der Waals surface area contributed by atoms with Crippen LogP contribution in [-0.4, -0.2) is 28.2 Å². The fourth-order valence-electron chi connectivity index (χ4n) is 2.40. The van der Waals surface area contributed by atoms with Gasteiger partial charge in [0.05, 0.1) is 5.69 Å². The zero-order chi connectivity index (χ0) is 19.2. The molecule has 0 unspecified atom stereocenters. The highest BCUT2D eigenvalue weighted by Crippen LogP contribution is 2.27. The lowest BCUT2D eigenvalue weighted by molar-refractivity contribution is 0.292. The molecule has 0 amide bonds. The lowest BCUT2D eigenvalue weighted by Crippen LogP contribution is -2.09. The largest absolute Gasteiger partial charge is 0.396 e. The zero-order valence-corrected chi connectivity index (χ0v) is 14.2. The molecule has 3 rings (SSSR count). The molecule has 8 heteroatoms. The first-order chi connectivity index (χ1) is 13.1. The van der Waals surface area contributed by atoms with E-state index in [9.17, 15) is 13.2 Å². The Morgan fingerprint density at radius 1 is 0.926 bits per heavy atom. The summed E-state index contributed by atoms with van der Waals surface area (Å²) in [5, 5.41) is 14.3. The van der Waals surface area contributed by atoms with E-state index in [2.05, 4.69) is 20.6 Å². The van der Waals surface area contributed by atoms with Crippen molar-refractivity contribution in [2.45, 2.75) is 6.42 Å². The highest BCUT2D eigenvalue weighted by Gasteiger charge is 2.16. The SMILES string of the molecule is OCCCNc1nc(Nc2c(F)ccc(F)c2F)cc(-c2ccccc2)n1. The summed E-state index contributed by atoms with van der Waals surface area (Å²) >= 11 is 0. The minimum atomic E-state index is -1.33. The van der Waals surface area contributed by atoms with E-state index in [-0.39, 0.29) is 18.4 Å². The summed E-state index contributed by atoms with van der Waals surface area (Å²) in [6.45, 7) is 0.410. The summed E-state index contributed by atoms with van der Waals surface area (Å²) in [5.74, 6) is -3.13. The number of rotatable bonds is 7. The smallest absolute Gasteiger partial charge is 0.225 e. The van der Waals surface area contributed by atoms with Crippen LogP contribution in [0, 0.1) is 17.5 Å². The molecule has 140 valence electrons. The van der Waals surface area contributed by atoms with E-state index >= 15 is 0 Å². The number of aromatic nitrogens is 2. The first-order valence-corrected chi connectivity index (χ1v) is 8.28. The zero-order valence-electron chi connectivity index (χ0n) is 14.2. The Bertz CT molecular complexity index is 922. The molecule has 0 spiro atoms. The Labute approximate surface area is 153 Å². The average Bonchev–Trinajstić information content (AvgIpc) is 2.69. The van der Waals surface area contributed by atoms with Crippen LogP contribution in [-0.2, 0) is 0 Å². The van der Waals surface area contributed by atoms with Crippen LogP contribution in [0.4, 0.5) is 30.6 Å². The predicted molar refractivity (Wildman–Crippen MR) is 97.3 cm³/mol. The molecule has 0 saturated heterocycles. The summed E-state index contributed by atoms with van der Waals surface area (Å²) in [4.78, 5) is 8.54. The summed E-state index contributed by atoms with van der Waals surface area (Å²) < 4.78 is 41.3. The molecule has 1 aromatic heterocycles. The average molecular weight is 374 g/mol. The monoisotopic (exact) mass is 374 g/mol. The van der Waals surface area contributed by atoms with Crippen LogP contribution in [0.25, 0.3) is 11.3 Å². The third-order valence-electron chi connectivity index (χ3n) is 3.71. The molecule has 1 heterocycles. The number of aliphatic hydroxyl groups is 1. The van der Waals surface area contributed by atoms with Gasteiger partial charge in [-0.05, 0) is 18.6 Å². The molecular weight excluding hydrogens is 357 g/mol. The number of nitrogens with zero attached hydrogens (tertiary/aromatic N) is 2. The number of benzene rings is 2. The number of nitrogens with one attached hydrogen (secondary N) is 2. The molecule has 0 bridgehead atoms. The fourth-order valence-corrected chi connectivity index (χ4v) is 2.40. The quantitative estimate of drug-likeness (QED) is 0.429. The van der Waals surface area contributed by atoms with E-state index in [1.54, 1.807) is 0 Å². The third-order valence-corrected chi connectivity index (χ3v) is 3.71. The molecule has 0 atom stereocenters. The van der Waals surface area contributed by atoms with E-state index in [1.165, 1.54) is 6.07 Å². The third kappa shape index (κ3) is 4.53. The number of hydrogen-bond donors (Lipinski definition) is 3. The van der Waals surface area contributed by atoms with Gasteiger partial charge in [0.25, 0.3) is 0 Å². The second-order valence-electron chi connectivity index (χ2n) is 5.68. The predicted octanol–water partition coefficient (Wildman–Crippen LogP) is 4.10. The molecular formula is C19H17F3N4O. The molecule has 0 radical (unpaired) electrons. The fraction of sp³-hybridized carbons (Fsp3) is 0.158. The lowest BCUT2D eigenvalue weighted by Gasteiger charge is -2.12. The van der Waals surface area contributed by atoms with Crippen LogP contribution < -0.4 is 10.6 Å². The van der Waals surface area contributed by atoms with Gasteiger partial charge < -0.3 is 15.7 Å². The molecule has 0 aliphatic rings. The molecule has 0 aliphatic heterocycles. The first kappa shape index (κ1) is 18.7. The molecule has 3 N–H and O–H groups in total. The lowest BCUT2D eigenvalue weighted by atomic mass is 10.1. The van der Waals surface area contributed by atoms with Gasteiger partial charge >= 0.3 is 0 Å². The highest BCUT2D eigenvalue weighted by molar-refractivity contribution is 5.67. The summed E-state index contributed by atoms with van der Waals surface area (Å²) in [6.07, 6.45) is 0.481. The van der Waals surface area contributed by atoms with Crippen LogP contribution in [0.5, 0.6) is 0 Å². The van der Waals surface area contributed by atoms with Gasteiger partial charge in [0.15, 0.2) is 11.6 Å². The van der Waals surface area contributed by atoms with Crippen molar-refractivity contribution in [3.05, 3.63) is 66.0 Å². The van der Waals surface area contributed by atoms with Gasteiger partial charge in [-0.3, -0.25) is 0 Å². The van der Waals surface area contributed by atoms with Gasteiger partial charge in [-0.2, -0.15) is 4.98 Å². The summed E-state index contributed by atoms with van der Waals surface area (Å²) in [7, 11) is 0. The van der Waals surface area contributed by atoms with Crippen molar-refractivity contribution < 1.29 is 18.3 Å². The van der Waals surface area contributed by atoms with E-state index in [4.69, 9.17) is 5.11 Å². The van der Waals surface area contributed by atoms with Crippen LogP contribution in [0.15, 0.2) is 48.5 Å². The maximum atomic E-state index is 14.0. The van der Waals surface area contributed by atoms with Gasteiger partial charge in [-0.25, -0.2) is 18.2 Å². The van der Waals surface area contributed by atoms with Crippen LogP contribution in [0.2, 0.25) is 0 Å². The van der Waals surface area contributed by atoms with Gasteiger partial charge in [0.1, 0.15) is 17.3 Å². The molecule has 27 heavy (non-hydrogen) atoms. The minimum Gasteiger partial charge on any atom is -0.396 e. The second kappa shape index (κ2) is 8.50. The van der Waals surface area contributed by atoms with E-state index < -0.39 is 23.1 Å². The topological polar surface area (TPSA) is 70.1 Å². The Balaban J connectivity index is 1.99. The van der Waals surface area contributed by atoms with Crippen molar-refractivity contribution in [3.8, 4) is 11.3 Å². The van der Waals surface area contributed by atoms with Crippen molar-refractivity contribution in [1.82, 2.24) is 9.97 Å². The Morgan fingerprint density at radius 2 is 1.67 bits per heavy atom. The molecule has 3 aromatic rings. The number of hydrogen-bond acceptors (Lipinski definition) is 5. The molecule has 0 aliphatic carbocycles. The van der Waals surface area contributed by atoms with Crippen molar-refractivity contribution in [3.63, 3.8) is 0 Å².